The van der Waals surface area contributed by atoms with Crippen molar-refractivity contribution in [1.82, 2.24) is 0 Å². The zero-order valence-corrected chi connectivity index (χ0v) is 21.6. The third kappa shape index (κ3) is 5.87. The van der Waals surface area contributed by atoms with Crippen molar-refractivity contribution in [3.8, 4) is 0 Å². The summed E-state index contributed by atoms with van der Waals surface area (Å²) < 4.78 is 100. The van der Waals surface area contributed by atoms with Crippen LogP contribution < -0.4 is 15.9 Å². The Kier molecular flexibility index (Phi) is 7.68. The second-order valence-electron chi connectivity index (χ2n) is 7.48. The zero-order valence-electron chi connectivity index (χ0n) is 18.3. The molecule has 0 bridgehead atoms. The average molecular weight is 558 g/mol. The molecule has 3 aromatic carbocycles. The van der Waals surface area contributed by atoms with Gasteiger partial charge >= 0.3 is 0 Å². The first-order valence-corrected chi connectivity index (χ1v) is 16.2. The third-order valence-electron chi connectivity index (χ3n) is 5.28. The van der Waals surface area contributed by atoms with Gasteiger partial charge in [-0.05, 0) is 43.3 Å². The molecule has 35 heavy (non-hydrogen) atoms. The lowest BCUT2D eigenvalue weighted by atomic mass is 10.3. The van der Waals surface area contributed by atoms with Gasteiger partial charge in [-0.25, -0.2) is 0 Å². The monoisotopic (exact) mass is 557 g/mol. The molecule has 0 saturated carbocycles. The molecule has 0 aliphatic heterocycles. The van der Waals surface area contributed by atoms with Gasteiger partial charge in [0, 0.05) is 18.2 Å². The Balaban J connectivity index is 2.53. The van der Waals surface area contributed by atoms with E-state index in [0.29, 0.717) is 15.9 Å². The average Bonchev–Trinajstić information content (AvgIpc) is 2.79. The summed E-state index contributed by atoms with van der Waals surface area (Å²) in [7, 11) is -16.9. The molecule has 0 fully saturated rings. The molecular formula is C22H22O9PS3+. The molecule has 0 spiro atoms. The molecular weight excluding hydrogens is 535 g/mol. The van der Waals surface area contributed by atoms with Gasteiger partial charge in [0.05, 0.1) is 20.8 Å². The van der Waals surface area contributed by atoms with Gasteiger partial charge in [-0.1, -0.05) is 30.4 Å². The Labute approximate surface area is 204 Å². The Bertz CT molecular complexity index is 1430. The molecule has 0 unspecified atom stereocenters. The molecule has 0 radical (unpaired) electrons. The second-order valence-corrected chi connectivity index (χ2v) is 15.3. The minimum absolute atomic E-state index is 0.197. The van der Waals surface area contributed by atoms with Crippen LogP contribution in [0.15, 0.2) is 99.6 Å². The summed E-state index contributed by atoms with van der Waals surface area (Å²) in [6, 6.07) is 16.3. The van der Waals surface area contributed by atoms with Gasteiger partial charge in [-0.15, -0.1) is 0 Å². The highest BCUT2D eigenvalue weighted by Crippen LogP contribution is 2.56. The van der Waals surface area contributed by atoms with E-state index in [2.05, 4.69) is 0 Å². The first kappa shape index (κ1) is 27.2. The lowest BCUT2D eigenvalue weighted by Gasteiger charge is -2.27. The SMILES string of the molecule is C/C=C\C[P+](c1cccc(S(=O)(=O)O)c1)(c1cccc(S(=O)(=O)O)c1)c1cccc(S(=O)(=O)O)c1. The minimum atomic E-state index is -4.61. The van der Waals surface area contributed by atoms with Gasteiger partial charge in [0.1, 0.15) is 23.2 Å². The number of hydrogen-bond donors (Lipinski definition) is 3. The van der Waals surface area contributed by atoms with E-state index in [1.165, 1.54) is 54.6 Å². The lowest BCUT2D eigenvalue weighted by Crippen LogP contribution is -2.34. The topological polar surface area (TPSA) is 163 Å². The summed E-state index contributed by atoms with van der Waals surface area (Å²) in [6.07, 6.45) is 3.68. The lowest BCUT2D eigenvalue weighted by molar-refractivity contribution is 0.481. The smallest absolute Gasteiger partial charge is 0.282 e. The van der Waals surface area contributed by atoms with Gasteiger partial charge in [-0.3, -0.25) is 13.7 Å². The van der Waals surface area contributed by atoms with E-state index in [4.69, 9.17) is 0 Å². The van der Waals surface area contributed by atoms with Gasteiger partial charge in [0.15, 0.2) is 0 Å². The van der Waals surface area contributed by atoms with Crippen molar-refractivity contribution in [2.24, 2.45) is 0 Å². The van der Waals surface area contributed by atoms with Crippen LogP contribution in [-0.4, -0.2) is 45.1 Å². The highest BCUT2D eigenvalue weighted by Gasteiger charge is 2.46. The van der Waals surface area contributed by atoms with Crippen LogP contribution in [0.2, 0.25) is 0 Å². The molecule has 0 aliphatic rings. The number of benzene rings is 3. The summed E-state index contributed by atoms with van der Waals surface area (Å²) >= 11 is 0. The molecule has 3 aromatic rings. The van der Waals surface area contributed by atoms with E-state index < -0.39 is 52.3 Å². The Hall–Kier alpha value is -2.44. The molecule has 0 aliphatic carbocycles. The first-order valence-electron chi connectivity index (χ1n) is 9.93. The van der Waals surface area contributed by atoms with Crippen LogP contribution in [-0.2, 0) is 30.4 Å². The minimum Gasteiger partial charge on any atom is -0.282 e. The molecule has 0 atom stereocenters. The maximum atomic E-state index is 11.9. The van der Waals surface area contributed by atoms with Crippen LogP contribution in [0.3, 0.4) is 0 Å². The molecule has 3 rings (SSSR count). The fraction of sp³-hybridized carbons (Fsp3) is 0.0909. The Morgan fingerprint density at radius 1 is 0.629 bits per heavy atom. The van der Waals surface area contributed by atoms with Crippen molar-refractivity contribution in [3.05, 3.63) is 84.9 Å². The van der Waals surface area contributed by atoms with Crippen molar-refractivity contribution in [3.63, 3.8) is 0 Å². The third-order valence-corrected chi connectivity index (χ3v) is 12.1. The Morgan fingerprint density at radius 3 is 1.20 bits per heavy atom. The molecule has 9 nitrogen and oxygen atoms in total. The van der Waals surface area contributed by atoms with Gasteiger partial charge < -0.3 is 0 Å². The maximum Gasteiger partial charge on any atom is 0.294 e. The first-order chi connectivity index (χ1) is 16.2. The zero-order chi connectivity index (χ0) is 26.1. The van der Waals surface area contributed by atoms with Crippen molar-refractivity contribution < 1.29 is 38.9 Å². The van der Waals surface area contributed by atoms with Crippen LogP contribution in [0.4, 0.5) is 0 Å². The Morgan fingerprint density at radius 2 is 0.943 bits per heavy atom. The quantitative estimate of drug-likeness (QED) is 0.214. The van der Waals surface area contributed by atoms with Crippen LogP contribution in [0.1, 0.15) is 6.92 Å². The summed E-state index contributed by atoms with van der Waals surface area (Å²) in [5.41, 5.74) is 0. The summed E-state index contributed by atoms with van der Waals surface area (Å²) in [4.78, 5) is -1.22. The predicted molar refractivity (Wildman–Crippen MR) is 134 cm³/mol. The highest BCUT2D eigenvalue weighted by molar-refractivity contribution is 7.96. The molecule has 0 amide bonds. The van der Waals surface area contributed by atoms with Gasteiger partial charge in [-0.2, -0.15) is 25.3 Å². The standard InChI is InChI=1S/C22H21O9PS3/c1-2-3-13-32(17-7-4-10-20(14-17)33(23,24)25,18-8-5-11-21(15-18)34(26,27)28)19-9-6-12-22(16-19)35(29,30)31/h2-12,14-16H,13H2,1H3,(H2-,23,24,25,26,27,28,29,30,31)/p+1/b3-2-. The van der Waals surface area contributed by atoms with Crippen molar-refractivity contribution in [2.45, 2.75) is 21.6 Å². The summed E-state index contributed by atoms with van der Waals surface area (Å²) in [5, 5.41) is 1.14. The van der Waals surface area contributed by atoms with Crippen LogP contribution in [0, 0.1) is 0 Å². The highest BCUT2D eigenvalue weighted by atomic mass is 32.2. The van der Waals surface area contributed by atoms with Crippen molar-refractivity contribution in [1.29, 1.82) is 0 Å². The van der Waals surface area contributed by atoms with E-state index in [1.54, 1.807) is 37.3 Å². The van der Waals surface area contributed by atoms with Gasteiger partial charge in [0.2, 0.25) is 0 Å². The fourth-order valence-corrected chi connectivity index (χ4v) is 9.67. The molecule has 3 N–H and O–H groups in total. The fourth-order valence-electron chi connectivity index (χ4n) is 3.67. The number of allylic oxidation sites excluding steroid dienone is 2. The summed E-state index contributed by atoms with van der Waals surface area (Å²) in [5.74, 6) is 0. The number of rotatable bonds is 8. The van der Waals surface area contributed by atoms with Crippen LogP contribution >= 0.6 is 7.26 Å². The summed E-state index contributed by atoms with van der Waals surface area (Å²) in [6.45, 7) is 1.74. The van der Waals surface area contributed by atoms with Crippen molar-refractivity contribution in [2.75, 3.05) is 6.16 Å². The largest absolute Gasteiger partial charge is 0.294 e. The second kappa shape index (κ2) is 9.90. The normalized spacial score (nSPS) is 13.3. The van der Waals surface area contributed by atoms with E-state index >= 15 is 0 Å². The van der Waals surface area contributed by atoms with Gasteiger partial charge in [0.25, 0.3) is 30.4 Å². The van der Waals surface area contributed by atoms with E-state index in [9.17, 15) is 38.9 Å². The van der Waals surface area contributed by atoms with E-state index in [0.717, 1.165) is 0 Å². The number of hydrogen-bond acceptors (Lipinski definition) is 6. The maximum absolute atomic E-state index is 11.9. The van der Waals surface area contributed by atoms with Crippen LogP contribution in [0.5, 0.6) is 0 Å². The molecule has 0 aromatic heterocycles. The van der Waals surface area contributed by atoms with E-state index in [-0.39, 0.29) is 6.16 Å². The van der Waals surface area contributed by atoms with Crippen LogP contribution in [0.25, 0.3) is 0 Å². The molecule has 13 heteroatoms. The van der Waals surface area contributed by atoms with Crippen molar-refractivity contribution >= 4 is 53.5 Å². The van der Waals surface area contributed by atoms with E-state index in [1.807, 2.05) is 0 Å². The molecule has 0 saturated heterocycles. The molecule has 186 valence electrons. The molecule has 0 heterocycles. The predicted octanol–water partition coefficient (Wildman–Crippen LogP) is 2.30.